The average molecular weight is 307 g/mol. The number of nitrogens with zero attached hydrogens (tertiary/aromatic N) is 1. The molecule has 1 aliphatic rings. The molecule has 1 heterocycles. The van der Waals surface area contributed by atoms with Crippen molar-refractivity contribution in [2.45, 2.75) is 19.9 Å². The molecule has 1 aromatic carbocycles. The summed E-state index contributed by atoms with van der Waals surface area (Å²) < 4.78 is 5.30. The first-order valence-electron chi connectivity index (χ1n) is 6.31. The smallest absolute Gasteiger partial charge is 0.121 e. The van der Waals surface area contributed by atoms with Crippen molar-refractivity contribution in [3.8, 4) is 5.75 Å². The molecule has 0 amide bonds. The maximum atomic E-state index is 5.30. The molecule has 0 aliphatic carbocycles. The number of methoxy groups -OCH3 is 1. The van der Waals surface area contributed by atoms with Crippen molar-refractivity contribution >= 4 is 24.8 Å². The molecular weight excluding hydrogens is 283 g/mol. The largest absolute Gasteiger partial charge is 0.496 e. The van der Waals surface area contributed by atoms with Crippen LogP contribution >= 0.6 is 24.8 Å². The number of benzene rings is 1. The molecule has 0 spiro atoms. The zero-order chi connectivity index (χ0) is 12.3. The molecule has 0 radical (unpaired) electrons. The minimum atomic E-state index is 0. The summed E-state index contributed by atoms with van der Waals surface area (Å²) in [4.78, 5) is 2.53. The van der Waals surface area contributed by atoms with Gasteiger partial charge in [-0.1, -0.05) is 12.1 Å². The molecular formula is C14H24Cl2N2O. The van der Waals surface area contributed by atoms with Gasteiger partial charge in [-0.05, 0) is 31.0 Å². The van der Waals surface area contributed by atoms with E-state index >= 15 is 0 Å². The summed E-state index contributed by atoms with van der Waals surface area (Å²) >= 11 is 0. The highest BCUT2D eigenvalue weighted by Gasteiger charge is 2.18. The van der Waals surface area contributed by atoms with Crippen molar-refractivity contribution in [2.24, 2.45) is 0 Å². The Balaban J connectivity index is 0.00000162. The standard InChI is InChI=1S/C14H22N2O.2ClH/c1-11-10-13(4-5-14(11)17-3)12(2)16-8-6-15-7-9-16;;/h4-5,10,12,15H,6-9H2,1-3H3;2*1H/t12-;;/m1../s1. The Labute approximate surface area is 128 Å². The van der Waals surface area contributed by atoms with Gasteiger partial charge < -0.3 is 10.1 Å². The van der Waals surface area contributed by atoms with Crippen molar-refractivity contribution in [1.29, 1.82) is 0 Å². The Morgan fingerprint density at radius 3 is 2.37 bits per heavy atom. The predicted octanol–water partition coefficient (Wildman–Crippen LogP) is 2.81. The summed E-state index contributed by atoms with van der Waals surface area (Å²) in [5, 5.41) is 3.39. The average Bonchev–Trinajstić information content (AvgIpc) is 2.39. The Bertz CT molecular complexity index is 382. The number of hydrogen-bond acceptors (Lipinski definition) is 3. The van der Waals surface area contributed by atoms with Gasteiger partial charge in [0.25, 0.3) is 0 Å². The van der Waals surface area contributed by atoms with Crippen LogP contribution in [0.15, 0.2) is 18.2 Å². The third-order valence-electron chi connectivity index (χ3n) is 3.60. The third-order valence-corrected chi connectivity index (χ3v) is 3.60. The molecule has 1 saturated heterocycles. The summed E-state index contributed by atoms with van der Waals surface area (Å²) in [6.45, 7) is 8.84. The zero-order valence-corrected chi connectivity index (χ0v) is 13.4. The highest BCUT2D eigenvalue weighted by atomic mass is 35.5. The van der Waals surface area contributed by atoms with E-state index in [0.29, 0.717) is 6.04 Å². The molecule has 0 aromatic heterocycles. The van der Waals surface area contributed by atoms with Gasteiger partial charge in [0.05, 0.1) is 7.11 Å². The van der Waals surface area contributed by atoms with E-state index in [4.69, 9.17) is 4.74 Å². The van der Waals surface area contributed by atoms with Gasteiger partial charge in [-0.2, -0.15) is 0 Å². The van der Waals surface area contributed by atoms with Gasteiger partial charge in [-0.25, -0.2) is 0 Å². The van der Waals surface area contributed by atoms with Gasteiger partial charge in [0.15, 0.2) is 0 Å². The Morgan fingerprint density at radius 1 is 1.21 bits per heavy atom. The zero-order valence-electron chi connectivity index (χ0n) is 11.8. The Kier molecular flexibility index (Phi) is 8.42. The van der Waals surface area contributed by atoms with Crippen molar-refractivity contribution in [2.75, 3.05) is 33.3 Å². The fraction of sp³-hybridized carbons (Fsp3) is 0.571. The molecule has 0 saturated carbocycles. The molecule has 1 atom stereocenters. The molecule has 3 nitrogen and oxygen atoms in total. The number of ether oxygens (including phenoxy) is 1. The molecule has 2 rings (SSSR count). The van der Waals surface area contributed by atoms with Crippen LogP contribution in [0.5, 0.6) is 5.75 Å². The third kappa shape index (κ3) is 4.53. The van der Waals surface area contributed by atoms with Crippen LogP contribution in [0.1, 0.15) is 24.1 Å². The van der Waals surface area contributed by atoms with E-state index in [1.165, 1.54) is 11.1 Å². The molecule has 0 unspecified atom stereocenters. The summed E-state index contributed by atoms with van der Waals surface area (Å²) in [5.41, 5.74) is 2.59. The van der Waals surface area contributed by atoms with E-state index in [0.717, 1.165) is 31.9 Å². The van der Waals surface area contributed by atoms with Gasteiger partial charge in [-0.15, -0.1) is 24.8 Å². The summed E-state index contributed by atoms with van der Waals surface area (Å²) in [6.07, 6.45) is 0. The second-order valence-corrected chi connectivity index (χ2v) is 4.69. The number of piperazine rings is 1. The van der Waals surface area contributed by atoms with Gasteiger partial charge >= 0.3 is 0 Å². The summed E-state index contributed by atoms with van der Waals surface area (Å²) in [6, 6.07) is 6.98. The minimum absolute atomic E-state index is 0. The van der Waals surface area contributed by atoms with Crippen LogP contribution < -0.4 is 10.1 Å². The first-order valence-corrected chi connectivity index (χ1v) is 6.31. The molecule has 110 valence electrons. The number of rotatable bonds is 3. The van der Waals surface area contributed by atoms with Gasteiger partial charge in [0.1, 0.15) is 5.75 Å². The Hall–Kier alpha value is -0.480. The van der Waals surface area contributed by atoms with E-state index in [-0.39, 0.29) is 24.8 Å². The molecule has 19 heavy (non-hydrogen) atoms. The lowest BCUT2D eigenvalue weighted by molar-refractivity contribution is 0.185. The van der Waals surface area contributed by atoms with Crippen LogP contribution in [0.2, 0.25) is 0 Å². The maximum absolute atomic E-state index is 5.30. The SMILES string of the molecule is COc1ccc([C@@H](C)N2CCNCC2)cc1C.Cl.Cl. The topological polar surface area (TPSA) is 24.5 Å². The van der Waals surface area contributed by atoms with Crippen LogP contribution in [-0.4, -0.2) is 38.2 Å². The molecule has 1 aromatic rings. The molecule has 1 aliphatic heterocycles. The monoisotopic (exact) mass is 306 g/mol. The number of aryl methyl sites for hydroxylation is 1. The molecule has 1 fully saturated rings. The van der Waals surface area contributed by atoms with E-state index < -0.39 is 0 Å². The minimum Gasteiger partial charge on any atom is -0.496 e. The molecule has 5 heteroatoms. The highest BCUT2D eigenvalue weighted by Crippen LogP contribution is 2.25. The van der Waals surface area contributed by atoms with Gasteiger partial charge in [0, 0.05) is 32.2 Å². The lowest BCUT2D eigenvalue weighted by Crippen LogP contribution is -2.44. The normalized spacial score (nSPS) is 17.0. The quantitative estimate of drug-likeness (QED) is 0.929. The number of halogens is 2. The lowest BCUT2D eigenvalue weighted by atomic mass is 10.0. The lowest BCUT2D eigenvalue weighted by Gasteiger charge is -2.33. The van der Waals surface area contributed by atoms with Crippen molar-refractivity contribution in [3.63, 3.8) is 0 Å². The van der Waals surface area contributed by atoms with Gasteiger partial charge in [0.2, 0.25) is 0 Å². The maximum Gasteiger partial charge on any atom is 0.121 e. The number of hydrogen-bond donors (Lipinski definition) is 1. The van der Waals surface area contributed by atoms with Crippen LogP contribution in [-0.2, 0) is 0 Å². The van der Waals surface area contributed by atoms with Crippen LogP contribution in [0, 0.1) is 6.92 Å². The Morgan fingerprint density at radius 2 is 1.84 bits per heavy atom. The fourth-order valence-electron chi connectivity index (χ4n) is 2.44. The predicted molar refractivity (Wildman–Crippen MR) is 85.1 cm³/mol. The van der Waals surface area contributed by atoms with Crippen molar-refractivity contribution in [3.05, 3.63) is 29.3 Å². The van der Waals surface area contributed by atoms with Crippen LogP contribution in [0.4, 0.5) is 0 Å². The highest BCUT2D eigenvalue weighted by molar-refractivity contribution is 5.85. The van der Waals surface area contributed by atoms with E-state index in [9.17, 15) is 0 Å². The van der Waals surface area contributed by atoms with Crippen molar-refractivity contribution < 1.29 is 4.74 Å². The van der Waals surface area contributed by atoms with E-state index in [2.05, 4.69) is 42.3 Å². The summed E-state index contributed by atoms with van der Waals surface area (Å²) in [5.74, 6) is 0.973. The van der Waals surface area contributed by atoms with Crippen LogP contribution in [0.25, 0.3) is 0 Å². The van der Waals surface area contributed by atoms with Gasteiger partial charge in [-0.3, -0.25) is 4.90 Å². The number of nitrogens with one attached hydrogen (secondary N) is 1. The summed E-state index contributed by atoms with van der Waals surface area (Å²) in [7, 11) is 1.72. The molecule has 0 bridgehead atoms. The molecule has 1 N–H and O–H groups in total. The second kappa shape index (κ2) is 8.64. The van der Waals surface area contributed by atoms with E-state index in [1.807, 2.05) is 0 Å². The first-order chi connectivity index (χ1) is 8.22. The van der Waals surface area contributed by atoms with Crippen LogP contribution in [0.3, 0.4) is 0 Å². The fourth-order valence-corrected chi connectivity index (χ4v) is 2.44. The first kappa shape index (κ1) is 18.5. The van der Waals surface area contributed by atoms with Crippen molar-refractivity contribution in [1.82, 2.24) is 10.2 Å². The van der Waals surface area contributed by atoms with E-state index in [1.54, 1.807) is 7.11 Å². The second-order valence-electron chi connectivity index (χ2n) is 4.69.